The average molecular weight is 1530 g/mol. The van der Waals surface area contributed by atoms with Crippen molar-refractivity contribution < 1.29 is 92.0 Å². The molecule has 109 heavy (non-hydrogen) atoms. The third kappa shape index (κ3) is 33.2. The average Bonchev–Trinajstić information content (AvgIpc) is 1.74. The summed E-state index contributed by atoms with van der Waals surface area (Å²) in [6, 6.07) is -1.66. The summed E-state index contributed by atoms with van der Waals surface area (Å²) in [5.74, 6) is -18.1. The lowest BCUT2D eigenvalue weighted by Crippen LogP contribution is -2.63. The number of carboxylic acids is 3. The lowest BCUT2D eigenvalue weighted by atomic mass is 9.96. The number of aliphatic imine (C=N–C) groups is 1. The van der Waals surface area contributed by atoms with Crippen LogP contribution in [0.15, 0.2) is 65.8 Å². The van der Waals surface area contributed by atoms with Gasteiger partial charge in [-0.25, -0.2) is 0 Å². The number of amides is 13. The summed E-state index contributed by atoms with van der Waals surface area (Å²) in [6.45, 7) is 10.6. The fraction of sp³-hybridized carbons (Fsp3) is 0.563. The van der Waals surface area contributed by atoms with Gasteiger partial charge < -0.3 is 113 Å². The molecule has 0 aliphatic rings. The van der Waals surface area contributed by atoms with E-state index >= 15 is 0 Å². The van der Waals surface area contributed by atoms with Crippen LogP contribution < -0.4 is 92.9 Å². The highest BCUT2D eigenvalue weighted by Crippen LogP contribution is 2.21. The van der Waals surface area contributed by atoms with E-state index in [1.54, 1.807) is 88.5 Å². The number of carbonyl (C=O) groups is 16. The lowest BCUT2D eigenvalue weighted by molar-refractivity contribution is -0.142. The highest BCUT2D eigenvalue weighted by atomic mass is 16.4. The Morgan fingerprint density at radius 1 is 0.486 bits per heavy atom. The van der Waals surface area contributed by atoms with Crippen LogP contribution in [0.3, 0.4) is 0 Å². The normalized spacial score (nSPS) is 14.6. The van der Waals surface area contributed by atoms with Gasteiger partial charge in [0.1, 0.15) is 66.0 Å². The first-order chi connectivity index (χ1) is 51.3. The molecule has 12 atom stereocenters. The number of H-pyrrole nitrogens is 1. The highest BCUT2D eigenvalue weighted by Gasteiger charge is 2.40. The van der Waals surface area contributed by atoms with Gasteiger partial charge in [0.15, 0.2) is 5.96 Å². The van der Waals surface area contributed by atoms with Crippen LogP contribution in [0.25, 0.3) is 10.9 Å². The minimum atomic E-state index is -2.06. The van der Waals surface area contributed by atoms with Crippen molar-refractivity contribution in [3.63, 3.8) is 0 Å². The molecule has 1 aromatic heterocycles. The van der Waals surface area contributed by atoms with Gasteiger partial charge in [-0.05, 0) is 121 Å². The molecular weight excluding hydrogens is 1420 g/mol. The number of aromatic nitrogens is 1. The number of hydrogen-bond donors (Lipinski definition) is 21. The second kappa shape index (κ2) is 46.0. The van der Waals surface area contributed by atoms with Crippen molar-refractivity contribution in [2.24, 2.45) is 51.2 Å². The second-order valence-electron chi connectivity index (χ2n) is 27.6. The number of aliphatic carboxylic acids is 3. The zero-order chi connectivity index (χ0) is 81.8. The number of carbonyl (C=O) groups excluding carboxylic acids is 13. The van der Waals surface area contributed by atoms with Crippen LogP contribution in [-0.2, 0) is 89.6 Å². The number of hydrogen-bond acceptors (Lipinski definition) is 19. The van der Waals surface area contributed by atoms with E-state index in [1.807, 2.05) is 0 Å². The van der Waals surface area contributed by atoms with E-state index in [-0.39, 0.29) is 82.8 Å². The van der Waals surface area contributed by atoms with Crippen molar-refractivity contribution in [1.82, 2.24) is 63.5 Å². The van der Waals surface area contributed by atoms with E-state index < -0.39 is 211 Å². The van der Waals surface area contributed by atoms with Gasteiger partial charge in [0.2, 0.25) is 76.8 Å². The Morgan fingerprint density at radius 2 is 0.936 bits per heavy atom. The van der Waals surface area contributed by atoms with Crippen molar-refractivity contribution in [2.75, 3.05) is 13.1 Å². The third-order valence-electron chi connectivity index (χ3n) is 17.6. The van der Waals surface area contributed by atoms with E-state index in [9.17, 15) is 92.0 Å². The number of fused-ring (bicyclic) bond motifs is 1. The molecule has 38 heteroatoms. The molecule has 0 bridgehead atoms. The van der Waals surface area contributed by atoms with Gasteiger partial charge >= 0.3 is 17.9 Å². The smallest absolute Gasteiger partial charge is 0.325 e. The molecule has 0 aliphatic heterocycles. The van der Waals surface area contributed by atoms with E-state index in [0.717, 1.165) is 0 Å². The van der Waals surface area contributed by atoms with Crippen LogP contribution >= 0.6 is 0 Å². The molecule has 3 aromatic rings. The van der Waals surface area contributed by atoms with E-state index in [0.29, 0.717) is 34.9 Å². The quantitative estimate of drug-likeness (QED) is 0.0149. The summed E-state index contributed by atoms with van der Waals surface area (Å²) >= 11 is 0. The van der Waals surface area contributed by atoms with Crippen molar-refractivity contribution in [1.29, 1.82) is 0 Å². The molecule has 0 radical (unpaired) electrons. The fourth-order valence-corrected chi connectivity index (χ4v) is 11.1. The summed E-state index contributed by atoms with van der Waals surface area (Å²) < 4.78 is 0. The predicted octanol–water partition coefficient (Wildman–Crippen LogP) is -3.34. The number of nitrogens with zero attached hydrogens (tertiary/aromatic N) is 1. The molecule has 13 amide bonds. The van der Waals surface area contributed by atoms with Gasteiger partial charge in [0.05, 0.1) is 6.04 Å². The fourth-order valence-electron chi connectivity index (χ4n) is 11.1. The van der Waals surface area contributed by atoms with Crippen molar-refractivity contribution in [3.05, 3.63) is 71.9 Å². The monoisotopic (exact) mass is 1530 g/mol. The molecule has 0 aliphatic carbocycles. The molecule has 0 saturated carbocycles. The zero-order valence-electron chi connectivity index (χ0n) is 62.5. The number of aromatic amines is 1. The summed E-state index contributed by atoms with van der Waals surface area (Å²) in [5.41, 5.74) is 32.7. The van der Waals surface area contributed by atoms with E-state index in [1.165, 1.54) is 20.8 Å². The molecule has 0 unspecified atom stereocenters. The van der Waals surface area contributed by atoms with Crippen LogP contribution in [0.5, 0.6) is 0 Å². The first kappa shape index (κ1) is 91.9. The largest absolute Gasteiger partial charge is 0.481 e. The molecule has 602 valence electrons. The molecule has 1 heterocycles. The molecule has 38 nitrogen and oxygen atoms in total. The van der Waals surface area contributed by atoms with Crippen LogP contribution in [0.4, 0.5) is 0 Å². The number of primary amides is 2. The summed E-state index contributed by atoms with van der Waals surface area (Å²) in [5, 5.41) is 57.8. The van der Waals surface area contributed by atoms with E-state index in [4.69, 9.17) is 34.4 Å². The molecule has 3 rings (SSSR count). The zero-order valence-corrected chi connectivity index (χ0v) is 62.5. The van der Waals surface area contributed by atoms with Crippen molar-refractivity contribution >= 4 is 112 Å². The van der Waals surface area contributed by atoms with Gasteiger partial charge in [-0.2, -0.15) is 0 Å². The molecule has 0 fully saturated rings. The number of benzene rings is 2. The summed E-state index contributed by atoms with van der Waals surface area (Å²) in [7, 11) is 0. The number of unbranched alkanes of at least 4 members (excludes halogenated alkanes) is 1. The first-order valence-corrected chi connectivity index (χ1v) is 36.0. The van der Waals surface area contributed by atoms with Crippen LogP contribution in [-0.4, -0.2) is 206 Å². The first-order valence-electron chi connectivity index (χ1n) is 36.0. The maximum atomic E-state index is 14.9. The van der Waals surface area contributed by atoms with Gasteiger partial charge in [-0.15, -0.1) is 0 Å². The van der Waals surface area contributed by atoms with Crippen LogP contribution in [0.1, 0.15) is 156 Å². The van der Waals surface area contributed by atoms with Crippen molar-refractivity contribution in [3.8, 4) is 0 Å². The maximum Gasteiger partial charge on any atom is 0.325 e. The minimum absolute atomic E-state index is 0.0130. The Morgan fingerprint density at radius 3 is 1.48 bits per heavy atom. The number of carboxylic acid groups (broad SMARTS) is 3. The SMILES string of the molecule is CC[C@H](C)[C@H](NC(=O)[C@H](Cc1ccccc1)NC(=O)[C@H](CCC(=O)O)NC(=O)C(C)(C)NC(=O)[C@H](CCC(N)=O)NC(=O)[C@H](CCCN=C(N)N)NC(=O)[C@@H](N)CCC(N)=O)C(=O)N[C@@H](CCC(=O)O)C(=O)N[C@@H](Cc1c[nH]c2ccccc12)C(=O)N[C@@H](CC(C)C)C(=O)N[C@@H](CCCCN)C(=O)N[C@@H](C)C(=O)O. The second-order valence-corrected chi connectivity index (χ2v) is 27.6. The Bertz CT molecular complexity index is 3680. The Kier molecular flexibility index (Phi) is 38.8. The number of nitrogens with two attached hydrogens (primary N) is 6. The molecular formula is C71H109N19O19. The third-order valence-corrected chi connectivity index (χ3v) is 17.6. The number of guanidine groups is 1. The predicted molar refractivity (Wildman–Crippen MR) is 397 cm³/mol. The van der Waals surface area contributed by atoms with Gasteiger partial charge in [-0.3, -0.25) is 81.7 Å². The molecule has 0 saturated heterocycles. The van der Waals surface area contributed by atoms with E-state index in [2.05, 4.69) is 68.5 Å². The lowest BCUT2D eigenvalue weighted by Gasteiger charge is -2.31. The molecule has 0 spiro atoms. The minimum Gasteiger partial charge on any atom is -0.481 e. The van der Waals surface area contributed by atoms with Gasteiger partial charge in [0, 0.05) is 62.2 Å². The van der Waals surface area contributed by atoms with Crippen LogP contribution in [0.2, 0.25) is 0 Å². The van der Waals surface area contributed by atoms with Crippen molar-refractivity contribution in [2.45, 2.75) is 230 Å². The van der Waals surface area contributed by atoms with Crippen LogP contribution in [0, 0.1) is 11.8 Å². The molecule has 27 N–H and O–H groups in total. The number of nitrogens with one attached hydrogen (secondary N) is 12. The summed E-state index contributed by atoms with van der Waals surface area (Å²) in [4.78, 5) is 224. The topological polar surface area (TPSA) is 650 Å². The highest BCUT2D eigenvalue weighted by molar-refractivity contribution is 6.01. The Labute approximate surface area is 630 Å². The summed E-state index contributed by atoms with van der Waals surface area (Å²) in [6.07, 6.45) is -2.17. The van der Waals surface area contributed by atoms with Gasteiger partial charge in [-0.1, -0.05) is 82.6 Å². The standard InChI is InChI=1S/C71H109N19O19/c1-8-38(4)57(67(106)84-47(25-29-55(93)94)61(100)87-52(35-41-36-79-44-20-13-12-19-42(41)44)64(103)85-50(33-37(2)3)63(102)82-45(21-14-15-31-72)59(98)80-39(5)68(107)108)89-65(104)51(34-40-17-10-9-11-18-40)86-62(101)48(26-30-56(95)96)88-69(109)71(6,7)90-66(105)49(24-28-54(75)92)83-60(99)46(22-16-32-78-70(76)77)81-58(97)43(73)23-27-53(74)91/h9-13,17-20,36-39,43,45-52,57,79H,8,14-16,21-35,72-73H2,1-7H3,(H2,74,91)(H2,75,92)(H,80,98)(H,81,97)(H,82,102)(H,83,99)(H,84,106)(H,85,103)(H,86,101)(H,87,100)(H,88,109)(H,89,104)(H,90,105)(H,93,94)(H,95,96)(H,107,108)(H4,76,77,78)/t38-,39-,43-,45-,46-,47-,48-,49-,50-,51-,52-,57-/m0/s1. The number of rotatable bonds is 51. The number of para-hydroxylation sites is 1. The Hall–Kier alpha value is -11.3. The Balaban J connectivity index is 2.04. The molecule has 2 aromatic carbocycles. The van der Waals surface area contributed by atoms with Gasteiger partial charge in [0.25, 0.3) is 0 Å². The maximum absolute atomic E-state index is 14.9.